The lowest BCUT2D eigenvalue weighted by atomic mass is 10.00. The number of rotatable bonds is 5. The van der Waals surface area contributed by atoms with Crippen LogP contribution in [0.2, 0.25) is 0 Å². The molecule has 2 rings (SSSR count). The van der Waals surface area contributed by atoms with Gasteiger partial charge in [-0.3, -0.25) is 9.59 Å². The third kappa shape index (κ3) is 4.60. The molecule has 9 heteroatoms. The molecule has 1 aliphatic rings. The molecule has 0 aromatic heterocycles. The zero-order valence-electron chi connectivity index (χ0n) is 13.3. The summed E-state index contributed by atoms with van der Waals surface area (Å²) in [6, 6.07) is 4.55. The van der Waals surface area contributed by atoms with E-state index in [2.05, 4.69) is 10.1 Å². The van der Waals surface area contributed by atoms with Crippen LogP contribution in [0.25, 0.3) is 5.57 Å². The Morgan fingerprint density at radius 3 is 2.72 bits per heavy atom. The molecule has 0 atom stereocenters. The third-order valence-corrected chi connectivity index (χ3v) is 4.91. The quantitative estimate of drug-likeness (QED) is 0.613. The van der Waals surface area contributed by atoms with E-state index in [0.717, 1.165) is 23.9 Å². The summed E-state index contributed by atoms with van der Waals surface area (Å²) in [5.74, 6) is -0.933. The fourth-order valence-electron chi connectivity index (χ4n) is 2.08. The Morgan fingerprint density at radius 2 is 2.12 bits per heavy atom. The minimum Gasteiger partial charge on any atom is -0.468 e. The number of alkyl halides is 3. The molecule has 0 bridgehead atoms. The van der Waals surface area contributed by atoms with Gasteiger partial charge in [0.2, 0.25) is 5.78 Å². The van der Waals surface area contributed by atoms with Gasteiger partial charge in [0.05, 0.1) is 28.2 Å². The van der Waals surface area contributed by atoms with Gasteiger partial charge >= 0.3 is 12.1 Å². The van der Waals surface area contributed by atoms with Crippen molar-refractivity contribution >= 4 is 40.8 Å². The highest BCUT2D eigenvalue weighted by Crippen LogP contribution is 2.43. The van der Waals surface area contributed by atoms with Crippen molar-refractivity contribution in [1.29, 1.82) is 0 Å². The number of thioether (sulfide) groups is 2. The predicted octanol–water partition coefficient (Wildman–Crippen LogP) is 3.66. The van der Waals surface area contributed by atoms with E-state index in [1.165, 1.54) is 31.0 Å². The first-order valence-electron chi connectivity index (χ1n) is 6.96. The Balaban J connectivity index is 2.45. The first-order chi connectivity index (χ1) is 11.8. The van der Waals surface area contributed by atoms with Crippen LogP contribution in [-0.4, -0.2) is 31.7 Å². The van der Waals surface area contributed by atoms with E-state index >= 15 is 0 Å². The zero-order chi connectivity index (χ0) is 18.6. The van der Waals surface area contributed by atoms with Crippen molar-refractivity contribution in [3.8, 4) is 0 Å². The normalized spacial score (nSPS) is 16.5. The maximum atomic E-state index is 12.9. The van der Waals surface area contributed by atoms with Crippen LogP contribution in [0.4, 0.5) is 13.2 Å². The van der Waals surface area contributed by atoms with Gasteiger partial charge in [0.1, 0.15) is 6.54 Å². The first kappa shape index (κ1) is 19.5. The number of methoxy groups -OCH3 is 1. The largest absolute Gasteiger partial charge is 0.468 e. The monoisotopic (exact) mass is 389 g/mol. The van der Waals surface area contributed by atoms with Crippen LogP contribution in [0.5, 0.6) is 0 Å². The highest BCUT2D eigenvalue weighted by atomic mass is 32.2. The molecule has 0 fully saturated rings. The predicted molar refractivity (Wildman–Crippen MR) is 92.6 cm³/mol. The van der Waals surface area contributed by atoms with E-state index in [1.807, 2.05) is 0 Å². The molecule has 1 aromatic carbocycles. The molecule has 0 spiro atoms. The molecular formula is C16H14F3NO3S2. The number of nitrogens with one attached hydrogen (secondary N) is 1. The zero-order valence-corrected chi connectivity index (χ0v) is 14.9. The van der Waals surface area contributed by atoms with Crippen LogP contribution in [0.1, 0.15) is 11.1 Å². The van der Waals surface area contributed by atoms with E-state index in [0.29, 0.717) is 9.93 Å². The molecule has 4 nitrogen and oxygen atoms in total. The Morgan fingerprint density at radius 1 is 1.40 bits per heavy atom. The number of ketones is 1. The van der Waals surface area contributed by atoms with Crippen LogP contribution in [0, 0.1) is 0 Å². The van der Waals surface area contributed by atoms with Crippen molar-refractivity contribution in [2.75, 3.05) is 19.9 Å². The number of allylic oxidation sites excluding steroid dienone is 2. The number of benzene rings is 1. The van der Waals surface area contributed by atoms with Gasteiger partial charge in [-0.2, -0.15) is 13.2 Å². The number of halogens is 3. The number of hydrogen-bond acceptors (Lipinski definition) is 6. The highest BCUT2D eigenvalue weighted by Gasteiger charge is 2.34. The van der Waals surface area contributed by atoms with Gasteiger partial charge in [-0.1, -0.05) is 23.9 Å². The summed E-state index contributed by atoms with van der Waals surface area (Å²) in [7, 11) is 1.22. The summed E-state index contributed by atoms with van der Waals surface area (Å²) < 4.78 is 43.4. The van der Waals surface area contributed by atoms with E-state index in [-0.39, 0.29) is 23.5 Å². The molecule has 1 aromatic rings. The smallest absolute Gasteiger partial charge is 0.416 e. The highest BCUT2D eigenvalue weighted by molar-refractivity contribution is 8.10. The first-order valence-corrected chi connectivity index (χ1v) is 9.06. The lowest BCUT2D eigenvalue weighted by Crippen LogP contribution is -2.22. The number of ether oxygens (including phenoxy) is 1. The van der Waals surface area contributed by atoms with Crippen LogP contribution >= 0.6 is 23.5 Å². The van der Waals surface area contributed by atoms with Gasteiger partial charge in [-0.25, -0.2) is 0 Å². The molecule has 0 saturated heterocycles. The Bertz CT molecular complexity index is 757. The second-order valence-corrected chi connectivity index (χ2v) is 6.62. The van der Waals surface area contributed by atoms with E-state index < -0.39 is 17.7 Å². The summed E-state index contributed by atoms with van der Waals surface area (Å²) in [5.41, 5.74) is -0.589. The number of hydrogen-bond donors (Lipinski definition) is 1. The summed E-state index contributed by atoms with van der Waals surface area (Å²) >= 11 is 2.39. The van der Waals surface area contributed by atoms with Crippen molar-refractivity contribution in [2.45, 2.75) is 6.18 Å². The molecule has 134 valence electrons. The number of Topliss-reactive ketones (excluding diaryl/α,β-unsaturated/α-hetero) is 1. The Kier molecular flexibility index (Phi) is 6.23. The van der Waals surface area contributed by atoms with Gasteiger partial charge in [0, 0.05) is 0 Å². The number of carbonyl (C=O) groups is 2. The topological polar surface area (TPSA) is 55.4 Å². The fourth-order valence-corrected chi connectivity index (χ4v) is 3.75. The summed E-state index contributed by atoms with van der Waals surface area (Å²) in [4.78, 5) is 24.3. The van der Waals surface area contributed by atoms with E-state index in [1.54, 1.807) is 11.7 Å². The SMILES string of the molecule is COC(=O)CNC1=C(c2cccc(C(F)(F)F)c2)C(=O)/C(=C\SC)S1. The van der Waals surface area contributed by atoms with E-state index in [9.17, 15) is 22.8 Å². The van der Waals surface area contributed by atoms with Crippen LogP contribution in [-0.2, 0) is 20.5 Å². The van der Waals surface area contributed by atoms with E-state index in [4.69, 9.17) is 0 Å². The molecule has 0 saturated carbocycles. The average Bonchev–Trinajstić information content (AvgIpc) is 2.88. The number of esters is 1. The maximum Gasteiger partial charge on any atom is 0.416 e. The summed E-state index contributed by atoms with van der Waals surface area (Å²) in [5, 5.41) is 4.72. The standard InChI is InChI=1S/C16H14F3NO3S2/c1-23-12(21)7-20-15-13(14(22)11(25-15)8-24-2)9-4-3-5-10(6-9)16(17,18)19/h3-6,8,20H,7H2,1-2H3/b11-8+. The minimum atomic E-state index is -4.51. The molecule has 0 aliphatic carbocycles. The summed E-state index contributed by atoms with van der Waals surface area (Å²) in [6.45, 7) is -0.193. The molecule has 1 heterocycles. The second-order valence-electron chi connectivity index (χ2n) is 4.86. The fraction of sp³-hybridized carbons (Fsp3) is 0.250. The number of carbonyl (C=O) groups excluding carboxylic acids is 2. The van der Waals surface area contributed by atoms with Gasteiger partial charge in [-0.15, -0.1) is 11.8 Å². The minimum absolute atomic E-state index is 0.111. The molecule has 1 N–H and O–H groups in total. The second kappa shape index (κ2) is 8.01. The van der Waals surface area contributed by atoms with Gasteiger partial charge in [-0.05, 0) is 29.4 Å². The lowest BCUT2D eigenvalue weighted by molar-refractivity contribution is -0.139. The molecule has 0 amide bonds. The molecule has 25 heavy (non-hydrogen) atoms. The van der Waals surface area contributed by atoms with Crippen molar-refractivity contribution in [2.24, 2.45) is 0 Å². The maximum absolute atomic E-state index is 12.9. The lowest BCUT2D eigenvalue weighted by Gasteiger charge is -2.11. The van der Waals surface area contributed by atoms with Gasteiger partial charge in [0.25, 0.3) is 0 Å². The third-order valence-electron chi connectivity index (χ3n) is 3.21. The molecular weight excluding hydrogens is 375 g/mol. The van der Waals surface area contributed by atoms with Crippen LogP contribution in [0.3, 0.4) is 0 Å². The summed E-state index contributed by atoms with van der Waals surface area (Å²) in [6.07, 6.45) is -2.74. The van der Waals surface area contributed by atoms with Crippen molar-refractivity contribution in [3.05, 3.63) is 50.7 Å². The van der Waals surface area contributed by atoms with Gasteiger partial charge < -0.3 is 10.1 Å². The average molecular weight is 389 g/mol. The van der Waals surface area contributed by atoms with Gasteiger partial charge in [0.15, 0.2) is 0 Å². The Labute approximate surface area is 150 Å². The van der Waals surface area contributed by atoms with Crippen molar-refractivity contribution in [1.82, 2.24) is 5.32 Å². The molecule has 0 unspecified atom stereocenters. The van der Waals surface area contributed by atoms with Crippen LogP contribution in [0.15, 0.2) is 39.6 Å². The van der Waals surface area contributed by atoms with Crippen molar-refractivity contribution < 1.29 is 27.5 Å². The van der Waals surface area contributed by atoms with Crippen molar-refractivity contribution in [3.63, 3.8) is 0 Å². The molecule has 1 aliphatic heterocycles. The molecule has 0 radical (unpaired) electrons. The Hall–Kier alpha value is -1.87. The van der Waals surface area contributed by atoms with Crippen LogP contribution < -0.4 is 5.32 Å².